The second kappa shape index (κ2) is 5.90. The van der Waals surface area contributed by atoms with Crippen LogP contribution >= 0.6 is 0 Å². The van der Waals surface area contributed by atoms with Crippen LogP contribution in [-0.4, -0.2) is 22.7 Å². The summed E-state index contributed by atoms with van der Waals surface area (Å²) in [5, 5.41) is 11.8. The van der Waals surface area contributed by atoms with Crippen LogP contribution in [-0.2, 0) is 6.54 Å². The van der Waals surface area contributed by atoms with E-state index in [0.29, 0.717) is 24.8 Å². The zero-order valence-corrected chi connectivity index (χ0v) is 10.4. The molecule has 0 saturated heterocycles. The number of aromatic nitrogens is 1. The molecule has 0 saturated carbocycles. The number of anilines is 1. The van der Waals surface area contributed by atoms with Gasteiger partial charge in [-0.2, -0.15) is 0 Å². The fraction of sp³-hybridized carbons (Fsp3) is 0.231. The van der Waals surface area contributed by atoms with Gasteiger partial charge in [-0.1, -0.05) is 0 Å². The molecular weight excluding hydrogens is 248 g/mol. The molecule has 0 bridgehead atoms. The van der Waals surface area contributed by atoms with E-state index in [2.05, 4.69) is 10.3 Å². The van der Waals surface area contributed by atoms with E-state index in [-0.39, 0.29) is 5.76 Å². The fourth-order valence-corrected chi connectivity index (χ4v) is 1.55. The summed E-state index contributed by atoms with van der Waals surface area (Å²) in [4.78, 5) is 14.8. The third-order valence-electron chi connectivity index (χ3n) is 2.38. The molecule has 0 spiro atoms. The minimum absolute atomic E-state index is 0.0759. The zero-order valence-electron chi connectivity index (χ0n) is 10.4. The fourth-order valence-electron chi connectivity index (χ4n) is 1.55. The van der Waals surface area contributed by atoms with Gasteiger partial charge in [0.05, 0.1) is 18.8 Å². The quantitative estimate of drug-likeness (QED) is 0.831. The molecule has 0 radical (unpaired) electrons. The van der Waals surface area contributed by atoms with Crippen molar-refractivity contribution in [1.82, 2.24) is 4.98 Å². The summed E-state index contributed by atoms with van der Waals surface area (Å²) in [5.74, 6) is -0.116. The Morgan fingerprint density at radius 2 is 2.32 bits per heavy atom. The van der Waals surface area contributed by atoms with Crippen molar-refractivity contribution >= 4 is 11.7 Å². The standard InChI is InChI=1S/C13H14N2O4/c1-2-18-12-10(4-3-7-14-12)15-8-9-5-6-11(19-9)13(16)17/h3-7,15H,2,8H2,1H3,(H,16,17). The molecule has 6 nitrogen and oxygen atoms in total. The Morgan fingerprint density at radius 3 is 3.00 bits per heavy atom. The molecule has 0 aliphatic rings. The Bertz CT molecular complexity index is 565. The third kappa shape index (κ3) is 3.25. The molecule has 0 aliphatic carbocycles. The van der Waals surface area contributed by atoms with Crippen molar-refractivity contribution in [1.29, 1.82) is 0 Å². The molecular formula is C13H14N2O4. The number of hydrogen-bond donors (Lipinski definition) is 2. The van der Waals surface area contributed by atoms with Crippen molar-refractivity contribution in [2.24, 2.45) is 0 Å². The van der Waals surface area contributed by atoms with Gasteiger partial charge in [-0.25, -0.2) is 9.78 Å². The van der Waals surface area contributed by atoms with Crippen LogP contribution in [0.25, 0.3) is 0 Å². The van der Waals surface area contributed by atoms with Gasteiger partial charge in [-0.05, 0) is 31.2 Å². The number of furan rings is 1. The van der Waals surface area contributed by atoms with Crippen LogP contribution in [0.2, 0.25) is 0 Å². The second-order valence-electron chi connectivity index (χ2n) is 3.71. The van der Waals surface area contributed by atoms with Gasteiger partial charge in [-0.3, -0.25) is 0 Å². The number of carboxylic acids is 1. The number of nitrogens with one attached hydrogen (secondary N) is 1. The van der Waals surface area contributed by atoms with Gasteiger partial charge in [0.1, 0.15) is 5.76 Å². The number of nitrogens with zero attached hydrogens (tertiary/aromatic N) is 1. The van der Waals surface area contributed by atoms with Gasteiger partial charge in [-0.15, -0.1) is 0 Å². The normalized spacial score (nSPS) is 10.2. The van der Waals surface area contributed by atoms with Crippen LogP contribution in [0.4, 0.5) is 5.69 Å². The van der Waals surface area contributed by atoms with Crippen LogP contribution in [0.5, 0.6) is 5.88 Å². The Labute approximate surface area is 110 Å². The first-order valence-corrected chi connectivity index (χ1v) is 5.84. The number of pyridine rings is 1. The van der Waals surface area contributed by atoms with Gasteiger partial charge in [0.25, 0.3) is 0 Å². The average molecular weight is 262 g/mol. The Kier molecular flexibility index (Phi) is 4.02. The lowest BCUT2D eigenvalue weighted by Gasteiger charge is -2.09. The van der Waals surface area contributed by atoms with E-state index in [1.54, 1.807) is 18.3 Å². The summed E-state index contributed by atoms with van der Waals surface area (Å²) in [6.07, 6.45) is 1.64. The highest BCUT2D eigenvalue weighted by Gasteiger charge is 2.09. The number of aromatic carboxylic acids is 1. The summed E-state index contributed by atoms with van der Waals surface area (Å²) in [6.45, 7) is 2.76. The summed E-state index contributed by atoms with van der Waals surface area (Å²) in [5.41, 5.74) is 0.734. The van der Waals surface area contributed by atoms with Crippen LogP contribution in [0.3, 0.4) is 0 Å². The van der Waals surface area contributed by atoms with Crippen molar-refractivity contribution in [2.45, 2.75) is 13.5 Å². The number of rotatable bonds is 6. The van der Waals surface area contributed by atoms with Crippen LogP contribution < -0.4 is 10.1 Å². The predicted octanol–water partition coefficient (Wildman–Crippen LogP) is 2.38. The third-order valence-corrected chi connectivity index (χ3v) is 2.38. The molecule has 2 heterocycles. The molecule has 2 aromatic heterocycles. The first-order chi connectivity index (χ1) is 9.20. The highest BCUT2D eigenvalue weighted by molar-refractivity contribution is 5.84. The predicted molar refractivity (Wildman–Crippen MR) is 68.4 cm³/mol. The van der Waals surface area contributed by atoms with Gasteiger partial charge in [0.15, 0.2) is 0 Å². The summed E-state index contributed by atoms with van der Waals surface area (Å²) < 4.78 is 10.5. The van der Waals surface area contributed by atoms with E-state index in [1.807, 2.05) is 13.0 Å². The maximum Gasteiger partial charge on any atom is 0.371 e. The molecule has 2 rings (SSSR count). The van der Waals surface area contributed by atoms with E-state index in [9.17, 15) is 4.79 Å². The number of carbonyl (C=O) groups is 1. The SMILES string of the molecule is CCOc1ncccc1NCc1ccc(C(=O)O)o1. The molecule has 0 amide bonds. The average Bonchev–Trinajstić information content (AvgIpc) is 2.87. The molecule has 19 heavy (non-hydrogen) atoms. The Hall–Kier alpha value is -2.50. The molecule has 0 fully saturated rings. The van der Waals surface area contributed by atoms with E-state index in [0.717, 1.165) is 5.69 Å². The van der Waals surface area contributed by atoms with Crippen LogP contribution in [0.15, 0.2) is 34.9 Å². The lowest BCUT2D eigenvalue weighted by molar-refractivity contribution is 0.0660. The Balaban J connectivity index is 2.03. The van der Waals surface area contributed by atoms with E-state index < -0.39 is 5.97 Å². The van der Waals surface area contributed by atoms with Crippen molar-refractivity contribution in [2.75, 3.05) is 11.9 Å². The van der Waals surface area contributed by atoms with E-state index >= 15 is 0 Å². The zero-order chi connectivity index (χ0) is 13.7. The van der Waals surface area contributed by atoms with Gasteiger partial charge in [0.2, 0.25) is 11.6 Å². The maximum atomic E-state index is 10.7. The lowest BCUT2D eigenvalue weighted by atomic mass is 10.3. The number of hydrogen-bond acceptors (Lipinski definition) is 5. The molecule has 100 valence electrons. The number of carboxylic acid groups (broad SMARTS) is 1. The van der Waals surface area contributed by atoms with Gasteiger partial charge >= 0.3 is 5.97 Å². The summed E-state index contributed by atoms with van der Waals surface area (Å²) in [7, 11) is 0. The summed E-state index contributed by atoms with van der Waals surface area (Å²) in [6, 6.07) is 6.66. The molecule has 0 aromatic carbocycles. The highest BCUT2D eigenvalue weighted by Crippen LogP contribution is 2.21. The monoisotopic (exact) mass is 262 g/mol. The molecule has 0 atom stereocenters. The van der Waals surface area contributed by atoms with Gasteiger partial charge < -0.3 is 19.6 Å². The lowest BCUT2D eigenvalue weighted by Crippen LogP contribution is -2.03. The highest BCUT2D eigenvalue weighted by atomic mass is 16.5. The minimum Gasteiger partial charge on any atom is -0.476 e. The largest absolute Gasteiger partial charge is 0.476 e. The Morgan fingerprint density at radius 1 is 1.47 bits per heavy atom. The maximum absolute atomic E-state index is 10.7. The molecule has 0 unspecified atom stereocenters. The van der Waals surface area contributed by atoms with Crippen LogP contribution in [0, 0.1) is 0 Å². The van der Waals surface area contributed by atoms with E-state index in [1.165, 1.54) is 6.07 Å². The molecule has 2 N–H and O–H groups in total. The second-order valence-corrected chi connectivity index (χ2v) is 3.71. The van der Waals surface area contributed by atoms with Crippen molar-refractivity contribution < 1.29 is 19.1 Å². The van der Waals surface area contributed by atoms with E-state index in [4.69, 9.17) is 14.3 Å². The molecule has 0 aliphatic heterocycles. The first kappa shape index (κ1) is 12.9. The van der Waals surface area contributed by atoms with Gasteiger partial charge in [0, 0.05) is 6.20 Å². The topological polar surface area (TPSA) is 84.6 Å². The van der Waals surface area contributed by atoms with Crippen molar-refractivity contribution in [3.63, 3.8) is 0 Å². The van der Waals surface area contributed by atoms with Crippen LogP contribution in [0.1, 0.15) is 23.2 Å². The van der Waals surface area contributed by atoms with Crippen molar-refractivity contribution in [3.05, 3.63) is 42.0 Å². The molecule has 6 heteroatoms. The summed E-state index contributed by atoms with van der Waals surface area (Å²) >= 11 is 0. The molecule has 2 aromatic rings. The first-order valence-electron chi connectivity index (χ1n) is 5.84. The number of ether oxygens (including phenoxy) is 1. The minimum atomic E-state index is -1.08. The van der Waals surface area contributed by atoms with Crippen molar-refractivity contribution in [3.8, 4) is 5.88 Å². The smallest absolute Gasteiger partial charge is 0.371 e.